The van der Waals surface area contributed by atoms with Crippen molar-refractivity contribution in [2.45, 2.75) is 26.9 Å². The first-order valence-electron chi connectivity index (χ1n) is 2.91. The van der Waals surface area contributed by atoms with Crippen molar-refractivity contribution >= 4 is 9.20 Å². The lowest BCUT2D eigenvalue weighted by Gasteiger charge is -2.10. The van der Waals surface area contributed by atoms with Crippen LogP contribution in [0.1, 0.15) is 20.8 Å². The summed E-state index contributed by atoms with van der Waals surface area (Å²) in [5.41, 5.74) is 0. The van der Waals surface area contributed by atoms with Crippen LogP contribution in [-0.4, -0.2) is 15.3 Å². The smallest absolute Gasteiger partial charge is 0.392 e. The molecule has 0 saturated heterocycles. The lowest BCUT2D eigenvalue weighted by Crippen LogP contribution is -2.11. The molecule has 4 heteroatoms. The summed E-state index contributed by atoms with van der Waals surface area (Å²) in [5.74, 6) is 0.421. The van der Waals surface area contributed by atoms with Crippen LogP contribution in [-0.2, 0) is 9.30 Å². The number of nitrogens with zero attached hydrogens (tertiary/aromatic N) is 1. The van der Waals surface area contributed by atoms with Crippen LogP contribution in [0.4, 0.5) is 0 Å². The normalized spacial score (nSPS) is 12.4. The van der Waals surface area contributed by atoms with Crippen LogP contribution in [0.25, 0.3) is 0 Å². The van der Waals surface area contributed by atoms with Crippen molar-refractivity contribution in [3.63, 3.8) is 0 Å². The molecule has 0 aliphatic rings. The molecule has 0 aromatic rings. The molecule has 0 bridgehead atoms. The van der Waals surface area contributed by atoms with Crippen LogP contribution in [0.3, 0.4) is 0 Å². The Balaban J connectivity index is 3.49. The minimum Gasteiger partial charge on any atom is -0.392 e. The van der Waals surface area contributed by atoms with E-state index in [1.807, 2.05) is 20.8 Å². The third-order valence-electron chi connectivity index (χ3n) is 1.20. The highest BCUT2D eigenvalue weighted by molar-refractivity contribution is 6.00. The molecule has 0 fully saturated rings. The fraction of sp³-hybridized carbons (Fsp3) is 1.00. The predicted molar refractivity (Wildman–Crippen MR) is 34.3 cm³/mol. The molecule has 0 N–H and O–H groups in total. The van der Waals surface area contributed by atoms with Gasteiger partial charge in [0.15, 0.2) is 0 Å². The number of hydrogen-bond acceptors (Lipinski definition) is 3. The molecule has 0 spiro atoms. The molecule has 0 radical (unpaired) electrons. The van der Waals surface area contributed by atoms with Crippen molar-refractivity contribution in [1.82, 2.24) is 0 Å². The molecule has 0 aromatic heterocycles. The van der Waals surface area contributed by atoms with E-state index in [4.69, 9.17) is 4.84 Å². The van der Waals surface area contributed by atoms with E-state index in [1.165, 1.54) is 0 Å². The molecule has 0 aliphatic heterocycles. The van der Waals surface area contributed by atoms with Gasteiger partial charge in [-0.2, -0.15) is 0 Å². The average Bonchev–Trinajstić information content (AvgIpc) is 1.82. The lowest BCUT2D eigenvalue weighted by atomic mass is 10.1. The highest BCUT2D eigenvalue weighted by atomic mass is 28.2. The SMILES string of the molecule is CC(C)C(C)ON=[Si]=O. The Morgan fingerprint density at radius 3 is 2.33 bits per heavy atom. The molecule has 1 unspecified atom stereocenters. The van der Waals surface area contributed by atoms with Gasteiger partial charge in [0.05, 0.1) is 0 Å². The fourth-order valence-corrected chi connectivity index (χ4v) is 0.436. The van der Waals surface area contributed by atoms with E-state index < -0.39 is 9.20 Å². The van der Waals surface area contributed by atoms with Gasteiger partial charge < -0.3 is 4.84 Å². The third-order valence-corrected chi connectivity index (χ3v) is 1.38. The first-order valence-corrected chi connectivity index (χ1v) is 3.77. The second-order valence-electron chi connectivity index (χ2n) is 2.24. The van der Waals surface area contributed by atoms with E-state index in [9.17, 15) is 4.46 Å². The summed E-state index contributed by atoms with van der Waals surface area (Å²) in [5, 5.41) is 0. The third kappa shape index (κ3) is 4.14. The first-order chi connectivity index (χ1) is 4.18. The number of hydrogen-bond donors (Lipinski definition) is 0. The van der Waals surface area contributed by atoms with Gasteiger partial charge in [-0.25, -0.2) is 0 Å². The fourth-order valence-electron chi connectivity index (χ4n) is 0.226. The molecule has 52 valence electrons. The van der Waals surface area contributed by atoms with E-state index in [1.54, 1.807) is 0 Å². The molecule has 0 saturated carbocycles. The number of rotatable bonds is 3. The standard InChI is InChI=1S/C5H11NO2Si/c1-4(2)5(3)8-6-9-7/h4-5H,1-3H3. The summed E-state index contributed by atoms with van der Waals surface area (Å²) in [6, 6.07) is 0. The maximum absolute atomic E-state index is 9.79. The Morgan fingerprint density at radius 2 is 2.00 bits per heavy atom. The Bertz CT molecular complexity index is 120. The maximum Gasteiger partial charge on any atom is 0.434 e. The summed E-state index contributed by atoms with van der Waals surface area (Å²) in [6.45, 7) is 5.94. The summed E-state index contributed by atoms with van der Waals surface area (Å²) < 4.78 is 9.79. The van der Waals surface area contributed by atoms with Gasteiger partial charge in [-0.3, -0.25) is 4.46 Å². The summed E-state index contributed by atoms with van der Waals surface area (Å²) in [4.78, 5) is 8.04. The van der Waals surface area contributed by atoms with Gasteiger partial charge in [-0.1, -0.05) is 18.6 Å². The van der Waals surface area contributed by atoms with Crippen molar-refractivity contribution < 1.29 is 9.30 Å². The molecule has 0 heterocycles. The van der Waals surface area contributed by atoms with Crippen LogP contribution in [0.5, 0.6) is 0 Å². The largest absolute Gasteiger partial charge is 0.434 e. The molecule has 0 rings (SSSR count). The van der Waals surface area contributed by atoms with Crippen LogP contribution >= 0.6 is 0 Å². The molecule has 9 heavy (non-hydrogen) atoms. The highest BCUT2D eigenvalue weighted by Crippen LogP contribution is 2.03. The zero-order valence-corrected chi connectivity index (χ0v) is 6.92. The van der Waals surface area contributed by atoms with Crippen LogP contribution in [0, 0.1) is 5.92 Å². The topological polar surface area (TPSA) is 38.7 Å². The van der Waals surface area contributed by atoms with Gasteiger partial charge in [0, 0.05) is 0 Å². The minimum atomic E-state index is -0.704. The van der Waals surface area contributed by atoms with Gasteiger partial charge in [-0.05, 0) is 12.8 Å². The Hall–Kier alpha value is -0.383. The maximum atomic E-state index is 9.79. The second kappa shape index (κ2) is 4.49. The van der Waals surface area contributed by atoms with Crippen molar-refractivity contribution in [3.8, 4) is 0 Å². The zero-order valence-electron chi connectivity index (χ0n) is 5.92. The predicted octanol–water partition coefficient (Wildman–Crippen LogP) is 1.20. The summed E-state index contributed by atoms with van der Waals surface area (Å²) >= 11 is 0. The van der Waals surface area contributed by atoms with Gasteiger partial charge in [-0.15, -0.1) is 0 Å². The van der Waals surface area contributed by atoms with E-state index in [2.05, 4.69) is 4.80 Å². The van der Waals surface area contributed by atoms with E-state index >= 15 is 0 Å². The van der Waals surface area contributed by atoms with Crippen molar-refractivity contribution in [1.29, 1.82) is 0 Å². The molecule has 1 atom stereocenters. The molecule has 0 amide bonds. The van der Waals surface area contributed by atoms with Crippen LogP contribution in [0.15, 0.2) is 4.80 Å². The van der Waals surface area contributed by atoms with E-state index in [-0.39, 0.29) is 6.10 Å². The highest BCUT2D eigenvalue weighted by Gasteiger charge is 2.05. The van der Waals surface area contributed by atoms with Crippen LogP contribution < -0.4 is 0 Å². The summed E-state index contributed by atoms with van der Waals surface area (Å²) in [7, 11) is -0.704. The first kappa shape index (κ1) is 8.62. The quantitative estimate of drug-likeness (QED) is 0.442. The molecule has 0 aromatic carbocycles. The van der Waals surface area contributed by atoms with Crippen molar-refractivity contribution in [3.05, 3.63) is 0 Å². The Kier molecular flexibility index (Phi) is 4.30. The van der Waals surface area contributed by atoms with E-state index in [0.717, 1.165) is 0 Å². The van der Waals surface area contributed by atoms with Gasteiger partial charge in [0.1, 0.15) is 6.10 Å². The van der Waals surface area contributed by atoms with Crippen LogP contribution in [0.2, 0.25) is 0 Å². The monoisotopic (exact) mass is 145 g/mol. The summed E-state index contributed by atoms with van der Waals surface area (Å²) in [6.07, 6.45) is 0.0615. The average molecular weight is 145 g/mol. The Morgan fingerprint density at radius 1 is 1.44 bits per heavy atom. The second-order valence-corrected chi connectivity index (χ2v) is 2.60. The Labute approximate surface area is 57.0 Å². The van der Waals surface area contributed by atoms with Gasteiger partial charge >= 0.3 is 9.20 Å². The minimum absolute atomic E-state index is 0.0615. The van der Waals surface area contributed by atoms with E-state index in [0.29, 0.717) is 5.92 Å². The zero-order chi connectivity index (χ0) is 7.28. The van der Waals surface area contributed by atoms with Gasteiger partial charge in [0.2, 0.25) is 0 Å². The lowest BCUT2D eigenvalue weighted by molar-refractivity contribution is 0.0422. The van der Waals surface area contributed by atoms with Crippen molar-refractivity contribution in [2.75, 3.05) is 0 Å². The van der Waals surface area contributed by atoms with Crippen molar-refractivity contribution in [2.24, 2.45) is 10.7 Å². The molecular weight excluding hydrogens is 134 g/mol. The van der Waals surface area contributed by atoms with Gasteiger partial charge in [0.25, 0.3) is 0 Å². The molecular formula is C5H11NO2Si. The molecule has 0 aliphatic carbocycles. The molecule has 3 nitrogen and oxygen atoms in total.